The van der Waals surface area contributed by atoms with Crippen LogP contribution in [0.2, 0.25) is 0 Å². The van der Waals surface area contributed by atoms with Gasteiger partial charge in [-0.05, 0) is 37.9 Å². The van der Waals surface area contributed by atoms with Gasteiger partial charge in [0.15, 0.2) is 0 Å². The summed E-state index contributed by atoms with van der Waals surface area (Å²) in [5, 5.41) is 0. The molecule has 0 fully saturated rings. The molecule has 1 aromatic carbocycles. The number of thiocarbonyl (C=S) groups is 1. The molecule has 0 atom stereocenters. The first-order valence-electron chi connectivity index (χ1n) is 4.23. The first-order valence-corrected chi connectivity index (χ1v) is 4.64. The van der Waals surface area contributed by atoms with Gasteiger partial charge >= 0.3 is 0 Å². The molecular formula is C10H13FN2S. The van der Waals surface area contributed by atoms with Crippen LogP contribution >= 0.6 is 12.2 Å². The molecule has 0 aliphatic rings. The second-order valence-corrected chi connectivity index (χ2v) is 3.84. The minimum absolute atomic E-state index is 0.262. The second kappa shape index (κ2) is 4.48. The zero-order valence-corrected chi connectivity index (χ0v) is 9.07. The van der Waals surface area contributed by atoms with Crippen LogP contribution < -0.4 is 5.73 Å². The van der Waals surface area contributed by atoms with Crippen LogP contribution in [0.15, 0.2) is 18.2 Å². The van der Waals surface area contributed by atoms with E-state index >= 15 is 0 Å². The highest BCUT2D eigenvalue weighted by molar-refractivity contribution is 7.80. The van der Waals surface area contributed by atoms with Gasteiger partial charge < -0.3 is 10.6 Å². The van der Waals surface area contributed by atoms with Crippen molar-refractivity contribution in [3.63, 3.8) is 0 Å². The lowest BCUT2D eigenvalue weighted by Gasteiger charge is -2.13. The second-order valence-electron chi connectivity index (χ2n) is 3.40. The van der Waals surface area contributed by atoms with Gasteiger partial charge in [-0.3, -0.25) is 0 Å². The molecule has 4 heteroatoms. The monoisotopic (exact) mass is 212 g/mol. The first-order chi connectivity index (χ1) is 6.50. The molecule has 0 saturated carbocycles. The fourth-order valence-electron chi connectivity index (χ4n) is 1.27. The molecule has 0 saturated heterocycles. The maximum Gasteiger partial charge on any atom is 0.123 e. The maximum atomic E-state index is 13.0. The van der Waals surface area contributed by atoms with Crippen molar-refractivity contribution in [2.75, 3.05) is 14.1 Å². The molecule has 2 N–H and O–H groups in total. The summed E-state index contributed by atoms with van der Waals surface area (Å²) in [7, 11) is 3.82. The Morgan fingerprint density at radius 2 is 2.14 bits per heavy atom. The van der Waals surface area contributed by atoms with Crippen molar-refractivity contribution < 1.29 is 4.39 Å². The number of rotatable bonds is 3. The standard InChI is InChI=1S/C10H13FN2S/c1-13(2)6-7-5-8(11)3-4-9(7)10(12)14/h3-5H,6H2,1-2H3,(H2,12,14). The Labute approximate surface area is 88.5 Å². The fourth-order valence-corrected chi connectivity index (χ4v) is 1.47. The average molecular weight is 212 g/mol. The maximum absolute atomic E-state index is 13.0. The van der Waals surface area contributed by atoms with Gasteiger partial charge in [0.1, 0.15) is 10.8 Å². The molecule has 0 heterocycles. The van der Waals surface area contributed by atoms with Crippen molar-refractivity contribution in [1.29, 1.82) is 0 Å². The lowest BCUT2D eigenvalue weighted by Crippen LogP contribution is -2.17. The summed E-state index contributed by atoms with van der Waals surface area (Å²) in [6, 6.07) is 4.46. The summed E-state index contributed by atoms with van der Waals surface area (Å²) in [6.07, 6.45) is 0. The number of halogens is 1. The van der Waals surface area contributed by atoms with E-state index in [4.69, 9.17) is 18.0 Å². The minimum Gasteiger partial charge on any atom is -0.389 e. The molecule has 0 aliphatic carbocycles. The third kappa shape index (κ3) is 2.75. The predicted octanol–water partition coefficient (Wildman–Crippen LogP) is 1.52. The van der Waals surface area contributed by atoms with E-state index in [0.717, 1.165) is 11.1 Å². The Hall–Kier alpha value is -1.00. The van der Waals surface area contributed by atoms with E-state index < -0.39 is 0 Å². The molecule has 0 spiro atoms. The van der Waals surface area contributed by atoms with Gasteiger partial charge in [0, 0.05) is 12.1 Å². The molecule has 0 aliphatic heterocycles. The Kier molecular flexibility index (Phi) is 3.55. The molecular weight excluding hydrogens is 199 g/mol. The molecule has 1 rings (SSSR count). The van der Waals surface area contributed by atoms with Gasteiger partial charge in [0.2, 0.25) is 0 Å². The number of hydrogen-bond donors (Lipinski definition) is 1. The van der Waals surface area contributed by atoms with Gasteiger partial charge in [-0.1, -0.05) is 12.2 Å². The normalized spacial score (nSPS) is 10.6. The van der Waals surface area contributed by atoms with Crippen molar-refractivity contribution in [3.8, 4) is 0 Å². The smallest absolute Gasteiger partial charge is 0.123 e. The van der Waals surface area contributed by atoms with Crippen molar-refractivity contribution in [3.05, 3.63) is 35.1 Å². The molecule has 0 radical (unpaired) electrons. The number of nitrogens with zero attached hydrogens (tertiary/aromatic N) is 1. The highest BCUT2D eigenvalue weighted by atomic mass is 32.1. The fraction of sp³-hybridized carbons (Fsp3) is 0.300. The Balaban J connectivity index is 3.09. The predicted molar refractivity (Wildman–Crippen MR) is 59.7 cm³/mol. The van der Waals surface area contributed by atoms with Crippen LogP contribution in [0.3, 0.4) is 0 Å². The Bertz CT molecular complexity index is 350. The van der Waals surface area contributed by atoms with Gasteiger partial charge in [-0.25, -0.2) is 4.39 Å². The largest absolute Gasteiger partial charge is 0.389 e. The van der Waals surface area contributed by atoms with E-state index in [1.165, 1.54) is 12.1 Å². The summed E-state index contributed by atoms with van der Waals surface area (Å²) < 4.78 is 13.0. The first kappa shape index (κ1) is 11.1. The topological polar surface area (TPSA) is 29.3 Å². The minimum atomic E-state index is -0.262. The van der Waals surface area contributed by atoms with Crippen LogP contribution in [-0.4, -0.2) is 24.0 Å². The zero-order chi connectivity index (χ0) is 10.7. The van der Waals surface area contributed by atoms with Crippen molar-refractivity contribution >= 4 is 17.2 Å². The van der Waals surface area contributed by atoms with Crippen LogP contribution in [0.4, 0.5) is 4.39 Å². The van der Waals surface area contributed by atoms with Crippen LogP contribution in [-0.2, 0) is 6.54 Å². The van der Waals surface area contributed by atoms with Crippen molar-refractivity contribution in [1.82, 2.24) is 4.90 Å². The van der Waals surface area contributed by atoms with Gasteiger partial charge in [-0.2, -0.15) is 0 Å². The van der Waals surface area contributed by atoms with E-state index in [1.54, 1.807) is 6.07 Å². The molecule has 1 aromatic rings. The highest BCUT2D eigenvalue weighted by Gasteiger charge is 2.07. The van der Waals surface area contributed by atoms with E-state index in [-0.39, 0.29) is 5.82 Å². The molecule has 0 bridgehead atoms. The van der Waals surface area contributed by atoms with Gasteiger partial charge in [-0.15, -0.1) is 0 Å². The Morgan fingerprint density at radius 3 is 2.64 bits per heavy atom. The van der Waals surface area contributed by atoms with Crippen LogP contribution in [0.1, 0.15) is 11.1 Å². The third-order valence-electron chi connectivity index (χ3n) is 1.82. The quantitative estimate of drug-likeness (QED) is 0.770. The zero-order valence-electron chi connectivity index (χ0n) is 8.25. The van der Waals surface area contributed by atoms with Gasteiger partial charge in [0.05, 0.1) is 0 Å². The van der Waals surface area contributed by atoms with E-state index in [1.807, 2.05) is 19.0 Å². The van der Waals surface area contributed by atoms with Crippen LogP contribution in [0, 0.1) is 5.82 Å². The summed E-state index contributed by atoms with van der Waals surface area (Å²) >= 11 is 4.88. The van der Waals surface area contributed by atoms with E-state index in [0.29, 0.717) is 11.5 Å². The molecule has 76 valence electrons. The van der Waals surface area contributed by atoms with Crippen LogP contribution in [0.5, 0.6) is 0 Å². The van der Waals surface area contributed by atoms with Gasteiger partial charge in [0.25, 0.3) is 0 Å². The number of hydrogen-bond acceptors (Lipinski definition) is 2. The number of nitrogens with two attached hydrogens (primary N) is 1. The summed E-state index contributed by atoms with van der Waals surface area (Å²) in [6.45, 7) is 0.629. The SMILES string of the molecule is CN(C)Cc1cc(F)ccc1C(N)=S. The molecule has 14 heavy (non-hydrogen) atoms. The lowest BCUT2D eigenvalue weighted by atomic mass is 10.1. The molecule has 0 unspecified atom stereocenters. The van der Waals surface area contributed by atoms with Crippen LogP contribution in [0.25, 0.3) is 0 Å². The lowest BCUT2D eigenvalue weighted by molar-refractivity contribution is 0.401. The summed E-state index contributed by atoms with van der Waals surface area (Å²) in [5.74, 6) is -0.262. The summed E-state index contributed by atoms with van der Waals surface area (Å²) in [5.41, 5.74) is 7.10. The Morgan fingerprint density at radius 1 is 1.50 bits per heavy atom. The third-order valence-corrected chi connectivity index (χ3v) is 2.04. The molecule has 2 nitrogen and oxygen atoms in total. The average Bonchev–Trinajstić information content (AvgIpc) is 2.01. The van der Waals surface area contributed by atoms with Crippen molar-refractivity contribution in [2.45, 2.75) is 6.54 Å². The van der Waals surface area contributed by atoms with Crippen molar-refractivity contribution in [2.24, 2.45) is 5.73 Å². The number of benzene rings is 1. The molecule has 0 aromatic heterocycles. The highest BCUT2D eigenvalue weighted by Crippen LogP contribution is 2.12. The molecule has 0 amide bonds. The van der Waals surface area contributed by atoms with E-state index in [9.17, 15) is 4.39 Å². The summed E-state index contributed by atoms with van der Waals surface area (Å²) in [4.78, 5) is 2.25. The van der Waals surface area contributed by atoms with E-state index in [2.05, 4.69) is 0 Å².